The van der Waals surface area contributed by atoms with Gasteiger partial charge >= 0.3 is 0 Å². The minimum Gasteiger partial charge on any atom is -0.355 e. The van der Waals surface area contributed by atoms with Crippen LogP contribution in [0.4, 0.5) is 10.1 Å². The Morgan fingerprint density at radius 3 is 2.48 bits per heavy atom. The lowest BCUT2D eigenvalue weighted by Crippen LogP contribution is -2.38. The maximum Gasteiger partial charge on any atom is 0.233 e. The minimum absolute atomic E-state index is 0.100. The van der Waals surface area contributed by atoms with E-state index in [-0.39, 0.29) is 24.7 Å². The number of anilines is 1. The molecule has 9 heteroatoms. The average Bonchev–Trinajstić information content (AvgIpc) is 2.41. The lowest BCUT2D eigenvalue weighted by molar-refractivity contribution is -0.124. The first-order chi connectivity index (χ1) is 10.7. The van der Waals surface area contributed by atoms with Crippen molar-refractivity contribution in [2.75, 3.05) is 23.6 Å². The maximum absolute atomic E-state index is 13.0. The zero-order valence-electron chi connectivity index (χ0n) is 12.9. The van der Waals surface area contributed by atoms with E-state index >= 15 is 0 Å². The minimum atomic E-state index is -3.79. The molecule has 0 radical (unpaired) electrons. The second-order valence-corrected chi connectivity index (χ2v) is 6.84. The van der Waals surface area contributed by atoms with Crippen molar-refractivity contribution in [1.82, 2.24) is 10.6 Å². The van der Waals surface area contributed by atoms with Crippen molar-refractivity contribution < 1.29 is 22.4 Å². The second kappa shape index (κ2) is 8.47. The molecule has 0 heterocycles. The maximum atomic E-state index is 13.0. The largest absolute Gasteiger partial charge is 0.355 e. The molecule has 128 valence electrons. The van der Waals surface area contributed by atoms with E-state index < -0.39 is 33.4 Å². The molecule has 0 aromatic heterocycles. The van der Waals surface area contributed by atoms with E-state index in [2.05, 4.69) is 15.4 Å². The molecule has 2 amide bonds. The van der Waals surface area contributed by atoms with Gasteiger partial charge in [-0.2, -0.15) is 0 Å². The Morgan fingerprint density at radius 2 is 1.87 bits per heavy atom. The molecule has 0 aliphatic heterocycles. The van der Waals surface area contributed by atoms with Gasteiger partial charge in [0.05, 0.1) is 17.4 Å². The number of hydrogen-bond acceptors (Lipinski definition) is 4. The Hall–Kier alpha value is -2.16. The van der Waals surface area contributed by atoms with Crippen molar-refractivity contribution in [2.24, 2.45) is 5.92 Å². The molecule has 0 saturated heterocycles. The van der Waals surface area contributed by atoms with Crippen LogP contribution in [0.25, 0.3) is 0 Å². The van der Waals surface area contributed by atoms with Crippen LogP contribution in [0.3, 0.4) is 0 Å². The smallest absolute Gasteiger partial charge is 0.233 e. The van der Waals surface area contributed by atoms with Gasteiger partial charge in [0, 0.05) is 20.0 Å². The van der Waals surface area contributed by atoms with Crippen molar-refractivity contribution in [1.29, 1.82) is 0 Å². The van der Waals surface area contributed by atoms with Crippen LogP contribution in [0, 0.1) is 11.7 Å². The summed E-state index contributed by atoms with van der Waals surface area (Å²) in [7, 11) is -3.79. The topological polar surface area (TPSA) is 104 Å². The third-order valence-corrected chi connectivity index (χ3v) is 4.30. The number of benzene rings is 1. The van der Waals surface area contributed by atoms with E-state index in [1.807, 2.05) is 0 Å². The molecule has 1 atom stereocenters. The summed E-state index contributed by atoms with van der Waals surface area (Å²) in [6.45, 7) is 3.30. The van der Waals surface area contributed by atoms with Gasteiger partial charge in [0.1, 0.15) is 5.82 Å². The molecule has 7 nitrogen and oxygen atoms in total. The number of amides is 2. The number of carbonyl (C=O) groups excluding carboxylic acids is 2. The monoisotopic (exact) mass is 345 g/mol. The van der Waals surface area contributed by atoms with Crippen LogP contribution in [0.5, 0.6) is 0 Å². The van der Waals surface area contributed by atoms with Gasteiger partial charge in [-0.1, -0.05) is 13.0 Å². The van der Waals surface area contributed by atoms with Crippen LogP contribution in [-0.2, 0) is 19.6 Å². The van der Waals surface area contributed by atoms with E-state index in [0.29, 0.717) is 0 Å². The van der Waals surface area contributed by atoms with Crippen LogP contribution in [0.2, 0.25) is 0 Å². The molecule has 3 N–H and O–H groups in total. The number of hydrogen-bond donors (Lipinski definition) is 3. The van der Waals surface area contributed by atoms with Gasteiger partial charge in [-0.15, -0.1) is 0 Å². The third kappa shape index (κ3) is 7.59. The standard InChI is InChI=1S/C14H20FN3O4S/c1-10(14(20)17-7-6-16-11(2)19)9-23(21,22)18-13-5-3-4-12(15)8-13/h3-5,8,10,18H,6-7,9H2,1-2H3,(H,16,19)(H,17,20). The zero-order chi connectivity index (χ0) is 17.5. The van der Waals surface area contributed by atoms with Gasteiger partial charge in [-0.25, -0.2) is 12.8 Å². The Balaban J connectivity index is 2.49. The fourth-order valence-corrected chi connectivity index (χ4v) is 3.16. The molecule has 0 spiro atoms. The highest BCUT2D eigenvalue weighted by Crippen LogP contribution is 2.12. The summed E-state index contributed by atoms with van der Waals surface area (Å²) < 4.78 is 39.2. The summed E-state index contributed by atoms with van der Waals surface area (Å²) in [6.07, 6.45) is 0. The fourth-order valence-electron chi connectivity index (χ4n) is 1.78. The lowest BCUT2D eigenvalue weighted by Gasteiger charge is -2.14. The summed E-state index contributed by atoms with van der Waals surface area (Å²) in [6, 6.07) is 5.04. The van der Waals surface area contributed by atoms with Crippen molar-refractivity contribution in [2.45, 2.75) is 13.8 Å². The molecule has 0 saturated carbocycles. The highest BCUT2D eigenvalue weighted by Gasteiger charge is 2.21. The second-order valence-electron chi connectivity index (χ2n) is 5.07. The highest BCUT2D eigenvalue weighted by atomic mass is 32.2. The SMILES string of the molecule is CC(=O)NCCNC(=O)C(C)CS(=O)(=O)Nc1cccc(F)c1. The van der Waals surface area contributed by atoms with E-state index in [1.165, 1.54) is 32.0 Å². The molecular weight excluding hydrogens is 325 g/mol. The van der Waals surface area contributed by atoms with Crippen LogP contribution in [-0.4, -0.2) is 39.1 Å². The molecule has 0 aliphatic carbocycles. The number of nitrogens with one attached hydrogen (secondary N) is 3. The van der Waals surface area contributed by atoms with E-state index in [1.54, 1.807) is 0 Å². The Labute approximate surface area is 134 Å². The molecule has 0 fully saturated rings. The number of halogens is 1. The molecule has 1 aromatic rings. The molecule has 1 rings (SSSR count). The highest BCUT2D eigenvalue weighted by molar-refractivity contribution is 7.92. The zero-order valence-corrected chi connectivity index (χ0v) is 13.7. The van der Waals surface area contributed by atoms with Crippen molar-refractivity contribution in [3.05, 3.63) is 30.1 Å². The quantitative estimate of drug-likeness (QED) is 0.595. The van der Waals surface area contributed by atoms with Gasteiger partial charge in [0.25, 0.3) is 0 Å². The lowest BCUT2D eigenvalue weighted by atomic mass is 10.2. The van der Waals surface area contributed by atoms with Gasteiger partial charge in [0.15, 0.2) is 0 Å². The van der Waals surface area contributed by atoms with Gasteiger partial charge in [-0.3, -0.25) is 14.3 Å². The predicted molar refractivity (Wildman–Crippen MR) is 84.7 cm³/mol. The van der Waals surface area contributed by atoms with Crippen molar-refractivity contribution >= 4 is 27.5 Å². The normalized spacial score (nSPS) is 12.3. The Kier molecular flexibility index (Phi) is 6.95. The van der Waals surface area contributed by atoms with Crippen LogP contribution >= 0.6 is 0 Å². The summed E-state index contributed by atoms with van der Waals surface area (Å²) in [5.41, 5.74) is 0.100. The van der Waals surface area contributed by atoms with E-state index in [9.17, 15) is 22.4 Å². The predicted octanol–water partition coefficient (Wildman–Crippen LogP) is 0.456. The third-order valence-electron chi connectivity index (χ3n) is 2.81. The van der Waals surface area contributed by atoms with E-state index in [4.69, 9.17) is 0 Å². The average molecular weight is 345 g/mol. The Bertz CT molecular complexity index is 664. The summed E-state index contributed by atoms with van der Waals surface area (Å²) in [5.74, 6) is -2.45. The number of sulfonamides is 1. The fraction of sp³-hybridized carbons (Fsp3) is 0.429. The van der Waals surface area contributed by atoms with Gasteiger partial charge in [-0.05, 0) is 18.2 Å². The molecule has 1 aromatic carbocycles. The van der Waals surface area contributed by atoms with Gasteiger partial charge < -0.3 is 10.6 Å². The molecule has 23 heavy (non-hydrogen) atoms. The summed E-state index contributed by atoms with van der Waals surface area (Å²) in [5, 5.41) is 5.03. The van der Waals surface area contributed by atoms with Crippen LogP contribution < -0.4 is 15.4 Å². The van der Waals surface area contributed by atoms with Crippen LogP contribution in [0.15, 0.2) is 24.3 Å². The number of rotatable bonds is 8. The van der Waals surface area contributed by atoms with Crippen molar-refractivity contribution in [3.8, 4) is 0 Å². The van der Waals surface area contributed by atoms with Gasteiger partial charge in [0.2, 0.25) is 21.8 Å². The molecule has 1 unspecified atom stereocenters. The number of carbonyl (C=O) groups is 2. The van der Waals surface area contributed by atoms with Crippen molar-refractivity contribution in [3.63, 3.8) is 0 Å². The molecular formula is C14H20FN3O4S. The van der Waals surface area contributed by atoms with Crippen LogP contribution in [0.1, 0.15) is 13.8 Å². The Morgan fingerprint density at radius 1 is 1.22 bits per heavy atom. The van der Waals surface area contributed by atoms with E-state index in [0.717, 1.165) is 6.07 Å². The first-order valence-electron chi connectivity index (χ1n) is 6.98. The summed E-state index contributed by atoms with van der Waals surface area (Å²) in [4.78, 5) is 22.5. The molecule has 0 bridgehead atoms. The first kappa shape index (κ1) is 18.9. The first-order valence-corrected chi connectivity index (χ1v) is 8.63. The molecule has 0 aliphatic rings. The summed E-state index contributed by atoms with van der Waals surface area (Å²) >= 11 is 0.